The Labute approximate surface area is 133 Å². The lowest BCUT2D eigenvalue weighted by Crippen LogP contribution is -2.36. The van der Waals surface area contributed by atoms with Crippen molar-refractivity contribution in [3.63, 3.8) is 0 Å². The molecule has 1 aliphatic rings. The maximum absolute atomic E-state index is 4.71. The van der Waals surface area contributed by atoms with Gasteiger partial charge in [-0.1, -0.05) is 6.92 Å². The van der Waals surface area contributed by atoms with E-state index >= 15 is 0 Å². The van der Waals surface area contributed by atoms with Gasteiger partial charge in [-0.15, -0.1) is 36.2 Å². The lowest BCUT2D eigenvalue weighted by atomic mass is 10.2. The normalized spacial score (nSPS) is 18.9. The van der Waals surface area contributed by atoms with Gasteiger partial charge in [0.05, 0.1) is 10.7 Å². The molecule has 6 heteroatoms. The molecule has 1 N–H and O–H groups in total. The van der Waals surface area contributed by atoms with Gasteiger partial charge in [0.2, 0.25) is 0 Å². The third-order valence-electron chi connectivity index (χ3n) is 3.37. The minimum Gasteiger partial charge on any atom is -0.318 e. The smallest absolute Gasteiger partial charge is 0.0928 e. The quantitative estimate of drug-likeness (QED) is 0.871. The number of nitrogens with one attached hydrogen (secondary N) is 1. The highest BCUT2D eigenvalue weighted by Gasteiger charge is 2.24. The third-order valence-corrected chi connectivity index (χ3v) is 4.32. The summed E-state index contributed by atoms with van der Waals surface area (Å²) in [6, 6.07) is 0.705. The molecule has 1 fully saturated rings. The first-order valence-electron chi connectivity index (χ1n) is 6.65. The molecule has 0 radical (unpaired) electrons. The van der Waals surface area contributed by atoms with Crippen LogP contribution in [0.1, 0.15) is 36.9 Å². The minimum absolute atomic E-state index is 0. The standard InChI is InChI=1S/C13H23N3S.2ClH/c1-3-5-13-15-11(10-17-13)9-16-7-4-6-12(16)8-14-2;;/h10,12,14H,3-9H2,1-2H3;2*1H. The van der Waals surface area contributed by atoms with E-state index < -0.39 is 0 Å². The van der Waals surface area contributed by atoms with E-state index in [-0.39, 0.29) is 24.8 Å². The molecule has 19 heavy (non-hydrogen) atoms. The number of halogens is 2. The zero-order chi connectivity index (χ0) is 12.1. The number of aromatic nitrogens is 1. The van der Waals surface area contributed by atoms with Gasteiger partial charge in [-0.25, -0.2) is 4.98 Å². The van der Waals surface area contributed by atoms with Crippen molar-refractivity contribution in [1.82, 2.24) is 15.2 Å². The highest BCUT2D eigenvalue weighted by molar-refractivity contribution is 7.09. The fraction of sp³-hybridized carbons (Fsp3) is 0.769. The summed E-state index contributed by atoms with van der Waals surface area (Å²) in [6.45, 7) is 5.58. The van der Waals surface area contributed by atoms with Gasteiger partial charge in [-0.2, -0.15) is 0 Å². The summed E-state index contributed by atoms with van der Waals surface area (Å²) >= 11 is 1.82. The minimum atomic E-state index is 0. The lowest BCUT2D eigenvalue weighted by molar-refractivity contribution is 0.240. The van der Waals surface area contributed by atoms with Crippen LogP contribution in [0.25, 0.3) is 0 Å². The molecule has 0 aliphatic carbocycles. The molecule has 3 nitrogen and oxygen atoms in total. The molecular weight excluding hydrogens is 301 g/mol. The van der Waals surface area contributed by atoms with Crippen molar-refractivity contribution in [2.45, 2.75) is 45.2 Å². The monoisotopic (exact) mass is 325 g/mol. The molecule has 2 heterocycles. The van der Waals surface area contributed by atoms with Crippen LogP contribution in [-0.4, -0.2) is 36.1 Å². The molecule has 0 amide bonds. The van der Waals surface area contributed by atoms with Crippen LogP contribution < -0.4 is 5.32 Å². The summed E-state index contributed by atoms with van der Waals surface area (Å²) in [7, 11) is 2.04. The second-order valence-electron chi connectivity index (χ2n) is 4.81. The van der Waals surface area contributed by atoms with Gasteiger partial charge in [0.25, 0.3) is 0 Å². The zero-order valence-electron chi connectivity index (χ0n) is 11.7. The number of nitrogens with zero attached hydrogens (tertiary/aromatic N) is 2. The fourth-order valence-corrected chi connectivity index (χ4v) is 3.42. The average Bonchev–Trinajstić information content (AvgIpc) is 2.91. The highest BCUT2D eigenvalue weighted by Crippen LogP contribution is 2.20. The molecule has 2 rings (SSSR count). The van der Waals surface area contributed by atoms with Crippen molar-refractivity contribution < 1.29 is 0 Å². The maximum atomic E-state index is 4.71. The molecule has 1 aliphatic heterocycles. The van der Waals surface area contributed by atoms with E-state index in [1.807, 2.05) is 18.4 Å². The Morgan fingerprint density at radius 2 is 2.26 bits per heavy atom. The van der Waals surface area contributed by atoms with Crippen LogP contribution in [0.3, 0.4) is 0 Å². The van der Waals surface area contributed by atoms with E-state index in [0.717, 1.165) is 19.5 Å². The number of thiazole rings is 1. The Morgan fingerprint density at radius 1 is 1.47 bits per heavy atom. The first-order valence-corrected chi connectivity index (χ1v) is 7.53. The maximum Gasteiger partial charge on any atom is 0.0928 e. The Hall–Kier alpha value is 0.130. The van der Waals surface area contributed by atoms with Crippen LogP contribution in [0.5, 0.6) is 0 Å². The topological polar surface area (TPSA) is 28.2 Å². The van der Waals surface area contributed by atoms with Crippen LogP contribution in [0, 0.1) is 0 Å². The van der Waals surface area contributed by atoms with Gasteiger partial charge in [0.15, 0.2) is 0 Å². The Kier molecular flexibility index (Phi) is 10.0. The first kappa shape index (κ1) is 19.1. The van der Waals surface area contributed by atoms with Crippen molar-refractivity contribution in [3.8, 4) is 0 Å². The van der Waals surface area contributed by atoms with Crippen LogP contribution in [0.4, 0.5) is 0 Å². The van der Waals surface area contributed by atoms with Crippen LogP contribution >= 0.6 is 36.2 Å². The molecular formula is C13H25Cl2N3S. The van der Waals surface area contributed by atoms with E-state index in [2.05, 4.69) is 22.5 Å². The van der Waals surface area contributed by atoms with Crippen LogP contribution in [-0.2, 0) is 13.0 Å². The van der Waals surface area contributed by atoms with Gasteiger partial charge in [0.1, 0.15) is 0 Å². The highest BCUT2D eigenvalue weighted by atomic mass is 35.5. The third kappa shape index (κ3) is 5.56. The molecule has 1 aromatic heterocycles. The first-order chi connectivity index (χ1) is 8.33. The average molecular weight is 326 g/mol. The molecule has 0 aromatic carbocycles. The van der Waals surface area contributed by atoms with Gasteiger partial charge < -0.3 is 5.32 Å². The number of likely N-dealkylation sites (tertiary alicyclic amines) is 1. The van der Waals surface area contributed by atoms with Crippen molar-refractivity contribution in [2.75, 3.05) is 20.1 Å². The molecule has 1 saturated heterocycles. The predicted octanol–water partition coefficient (Wildman–Crippen LogP) is 3.12. The fourth-order valence-electron chi connectivity index (χ4n) is 2.53. The number of aryl methyl sites for hydroxylation is 1. The Morgan fingerprint density at radius 3 is 2.95 bits per heavy atom. The van der Waals surface area contributed by atoms with Crippen LogP contribution in [0.15, 0.2) is 5.38 Å². The largest absolute Gasteiger partial charge is 0.318 e. The summed E-state index contributed by atoms with van der Waals surface area (Å²) in [5, 5.41) is 6.83. The van der Waals surface area contributed by atoms with Crippen molar-refractivity contribution in [3.05, 3.63) is 16.1 Å². The van der Waals surface area contributed by atoms with E-state index in [0.29, 0.717) is 6.04 Å². The summed E-state index contributed by atoms with van der Waals surface area (Å²) in [5.74, 6) is 0. The number of hydrogen-bond donors (Lipinski definition) is 1. The SMILES string of the molecule is CCCc1nc(CN2CCCC2CNC)cs1.Cl.Cl. The van der Waals surface area contributed by atoms with E-state index in [4.69, 9.17) is 4.98 Å². The number of hydrogen-bond acceptors (Lipinski definition) is 4. The summed E-state index contributed by atoms with van der Waals surface area (Å²) in [4.78, 5) is 7.29. The van der Waals surface area contributed by atoms with Crippen molar-refractivity contribution in [1.29, 1.82) is 0 Å². The number of rotatable bonds is 6. The Bertz CT molecular complexity index is 346. The molecule has 0 spiro atoms. The molecule has 112 valence electrons. The molecule has 0 bridgehead atoms. The molecule has 1 atom stereocenters. The second kappa shape index (κ2) is 9.94. The van der Waals surface area contributed by atoms with E-state index in [9.17, 15) is 0 Å². The van der Waals surface area contributed by atoms with Crippen LogP contribution in [0.2, 0.25) is 0 Å². The van der Waals surface area contributed by atoms with Crippen molar-refractivity contribution in [2.24, 2.45) is 0 Å². The summed E-state index contributed by atoms with van der Waals surface area (Å²) in [5.41, 5.74) is 1.27. The molecule has 1 unspecified atom stereocenters. The van der Waals surface area contributed by atoms with Gasteiger partial charge >= 0.3 is 0 Å². The van der Waals surface area contributed by atoms with Gasteiger partial charge in [-0.3, -0.25) is 4.90 Å². The van der Waals surface area contributed by atoms with Gasteiger partial charge in [-0.05, 0) is 39.3 Å². The summed E-state index contributed by atoms with van der Waals surface area (Å²) in [6.07, 6.45) is 4.98. The summed E-state index contributed by atoms with van der Waals surface area (Å²) < 4.78 is 0. The van der Waals surface area contributed by atoms with Crippen molar-refractivity contribution >= 4 is 36.2 Å². The number of likely N-dealkylation sites (N-methyl/N-ethyl adjacent to an activating group) is 1. The Balaban J connectivity index is 0.00000162. The lowest BCUT2D eigenvalue weighted by Gasteiger charge is -2.23. The van der Waals surface area contributed by atoms with E-state index in [1.54, 1.807) is 0 Å². The zero-order valence-corrected chi connectivity index (χ0v) is 14.2. The van der Waals surface area contributed by atoms with Gasteiger partial charge in [0, 0.05) is 24.5 Å². The second-order valence-corrected chi connectivity index (χ2v) is 5.75. The predicted molar refractivity (Wildman–Crippen MR) is 88.0 cm³/mol. The molecule has 0 saturated carbocycles. The van der Waals surface area contributed by atoms with E-state index in [1.165, 1.54) is 36.5 Å². The molecule has 1 aromatic rings.